The summed E-state index contributed by atoms with van der Waals surface area (Å²) in [4.78, 5) is 18.8. The van der Waals surface area contributed by atoms with Gasteiger partial charge < -0.3 is 10.1 Å². The van der Waals surface area contributed by atoms with Crippen molar-refractivity contribution in [3.63, 3.8) is 0 Å². The zero-order valence-corrected chi connectivity index (χ0v) is 10.8. The minimum Gasteiger partial charge on any atom is -0.473 e. The first-order valence-electron chi connectivity index (χ1n) is 6.51. The number of fused-ring (bicyclic) bond motifs is 1. The van der Waals surface area contributed by atoms with Gasteiger partial charge >= 0.3 is 0 Å². The number of nitrogens with one attached hydrogen (secondary N) is 1. The van der Waals surface area contributed by atoms with E-state index in [-0.39, 0.29) is 11.8 Å². The number of hydrogen-bond acceptors (Lipinski definition) is 6. The van der Waals surface area contributed by atoms with E-state index in [4.69, 9.17) is 4.74 Å². The highest BCUT2D eigenvalue weighted by Gasteiger charge is 2.16. The first-order valence-corrected chi connectivity index (χ1v) is 6.51. The predicted molar refractivity (Wildman–Crippen MR) is 72.7 cm³/mol. The smallest absolute Gasteiger partial charge is 0.271 e. The van der Waals surface area contributed by atoms with Crippen LogP contribution in [0.4, 0.5) is 5.69 Å². The van der Waals surface area contributed by atoms with E-state index in [0.717, 1.165) is 25.9 Å². The first-order chi connectivity index (χ1) is 9.72. The summed E-state index contributed by atoms with van der Waals surface area (Å²) in [7, 11) is 0. The average molecular weight is 274 g/mol. The van der Waals surface area contributed by atoms with Gasteiger partial charge in [-0.1, -0.05) is 0 Å². The van der Waals surface area contributed by atoms with Crippen molar-refractivity contribution >= 4 is 16.7 Å². The SMILES string of the molecule is O=[N+]([O-])c1ccc2nc(OC3CCNCC3)cnc2c1. The normalized spacial score (nSPS) is 16.2. The van der Waals surface area contributed by atoms with Gasteiger partial charge in [-0.2, -0.15) is 0 Å². The fourth-order valence-corrected chi connectivity index (χ4v) is 2.24. The lowest BCUT2D eigenvalue weighted by atomic mass is 10.1. The van der Waals surface area contributed by atoms with Crippen LogP contribution in [0.3, 0.4) is 0 Å². The number of piperidine rings is 1. The van der Waals surface area contributed by atoms with Crippen molar-refractivity contribution in [2.45, 2.75) is 18.9 Å². The van der Waals surface area contributed by atoms with Crippen molar-refractivity contribution in [2.24, 2.45) is 0 Å². The molecule has 0 saturated carbocycles. The van der Waals surface area contributed by atoms with Crippen LogP contribution in [-0.2, 0) is 0 Å². The number of nitrogens with zero attached hydrogens (tertiary/aromatic N) is 3. The van der Waals surface area contributed by atoms with Crippen LogP contribution in [-0.4, -0.2) is 34.1 Å². The van der Waals surface area contributed by atoms with Crippen LogP contribution in [0.5, 0.6) is 5.88 Å². The zero-order valence-electron chi connectivity index (χ0n) is 10.8. The number of rotatable bonds is 3. The lowest BCUT2D eigenvalue weighted by Crippen LogP contribution is -2.34. The van der Waals surface area contributed by atoms with Gasteiger partial charge in [0.05, 0.1) is 22.2 Å². The summed E-state index contributed by atoms with van der Waals surface area (Å²) in [5.41, 5.74) is 1.11. The maximum absolute atomic E-state index is 10.7. The maximum atomic E-state index is 10.7. The summed E-state index contributed by atoms with van der Waals surface area (Å²) in [6.45, 7) is 1.88. The van der Waals surface area contributed by atoms with E-state index in [9.17, 15) is 10.1 Å². The Labute approximate surface area is 115 Å². The Kier molecular flexibility index (Phi) is 3.42. The van der Waals surface area contributed by atoms with Gasteiger partial charge in [0.1, 0.15) is 6.10 Å². The first kappa shape index (κ1) is 12.7. The van der Waals surface area contributed by atoms with Gasteiger partial charge in [0.2, 0.25) is 5.88 Å². The van der Waals surface area contributed by atoms with E-state index in [2.05, 4.69) is 15.3 Å². The summed E-state index contributed by atoms with van der Waals surface area (Å²) < 4.78 is 5.79. The molecule has 104 valence electrons. The lowest BCUT2D eigenvalue weighted by Gasteiger charge is -2.23. The highest BCUT2D eigenvalue weighted by molar-refractivity contribution is 5.77. The van der Waals surface area contributed by atoms with Gasteiger partial charge in [-0.3, -0.25) is 10.1 Å². The second-order valence-electron chi connectivity index (χ2n) is 4.71. The molecule has 0 spiro atoms. The molecule has 3 rings (SSSR count). The van der Waals surface area contributed by atoms with Gasteiger partial charge in [0, 0.05) is 12.1 Å². The minimum atomic E-state index is -0.444. The van der Waals surface area contributed by atoms with Crippen molar-refractivity contribution < 1.29 is 9.66 Å². The Hall–Kier alpha value is -2.28. The van der Waals surface area contributed by atoms with E-state index in [1.165, 1.54) is 18.3 Å². The van der Waals surface area contributed by atoms with Crippen LogP contribution in [0, 0.1) is 10.1 Å². The van der Waals surface area contributed by atoms with Gasteiger partial charge in [0.15, 0.2) is 0 Å². The standard InChI is InChI=1S/C13H14N4O3/c18-17(19)9-1-2-11-12(7-9)15-8-13(16-11)20-10-3-5-14-6-4-10/h1-2,7-8,10,14H,3-6H2. The summed E-state index contributed by atoms with van der Waals surface area (Å²) in [6, 6.07) is 4.43. The topological polar surface area (TPSA) is 90.2 Å². The number of aromatic nitrogens is 2. The summed E-state index contributed by atoms with van der Waals surface area (Å²) in [6.07, 6.45) is 3.56. The second-order valence-corrected chi connectivity index (χ2v) is 4.71. The average Bonchev–Trinajstić information content (AvgIpc) is 2.47. The number of ether oxygens (including phenoxy) is 1. The molecule has 0 radical (unpaired) electrons. The van der Waals surface area contributed by atoms with E-state index < -0.39 is 4.92 Å². The zero-order chi connectivity index (χ0) is 13.9. The molecule has 20 heavy (non-hydrogen) atoms. The number of nitro groups is 1. The minimum absolute atomic E-state index is 0.0128. The predicted octanol–water partition coefficient (Wildman–Crippen LogP) is 1.67. The molecule has 0 aliphatic carbocycles. The van der Waals surface area contributed by atoms with Crippen LogP contribution >= 0.6 is 0 Å². The molecule has 0 amide bonds. The molecule has 1 N–H and O–H groups in total. The van der Waals surface area contributed by atoms with Crippen molar-refractivity contribution in [1.29, 1.82) is 0 Å². The van der Waals surface area contributed by atoms with Gasteiger partial charge in [-0.15, -0.1) is 0 Å². The molecule has 7 nitrogen and oxygen atoms in total. The Morgan fingerprint density at radius 1 is 1.30 bits per heavy atom. The fourth-order valence-electron chi connectivity index (χ4n) is 2.24. The highest BCUT2D eigenvalue weighted by atomic mass is 16.6. The van der Waals surface area contributed by atoms with Crippen molar-refractivity contribution in [3.05, 3.63) is 34.5 Å². The lowest BCUT2D eigenvalue weighted by molar-refractivity contribution is -0.384. The Morgan fingerprint density at radius 2 is 2.10 bits per heavy atom. The Morgan fingerprint density at radius 3 is 2.85 bits per heavy atom. The van der Waals surface area contributed by atoms with Crippen LogP contribution in [0.15, 0.2) is 24.4 Å². The van der Waals surface area contributed by atoms with Gasteiger partial charge in [-0.05, 0) is 32.0 Å². The summed E-state index contributed by atoms with van der Waals surface area (Å²) >= 11 is 0. The maximum Gasteiger partial charge on any atom is 0.271 e. The monoisotopic (exact) mass is 274 g/mol. The summed E-state index contributed by atoms with van der Waals surface area (Å²) in [5, 5.41) is 14.0. The van der Waals surface area contributed by atoms with E-state index >= 15 is 0 Å². The second kappa shape index (κ2) is 5.38. The molecule has 2 heterocycles. The van der Waals surface area contributed by atoms with E-state index in [0.29, 0.717) is 16.9 Å². The molecule has 1 fully saturated rings. The molecule has 0 atom stereocenters. The molecular weight excluding hydrogens is 260 g/mol. The van der Waals surface area contributed by atoms with Crippen LogP contribution in [0.2, 0.25) is 0 Å². The van der Waals surface area contributed by atoms with Gasteiger partial charge in [0.25, 0.3) is 5.69 Å². The number of benzene rings is 1. The quantitative estimate of drug-likeness (QED) is 0.676. The number of non-ortho nitro benzene ring substituents is 1. The van der Waals surface area contributed by atoms with Crippen LogP contribution in [0.1, 0.15) is 12.8 Å². The molecular formula is C13H14N4O3. The van der Waals surface area contributed by atoms with Crippen molar-refractivity contribution in [1.82, 2.24) is 15.3 Å². The molecule has 1 saturated heterocycles. The molecule has 1 aliphatic heterocycles. The summed E-state index contributed by atoms with van der Waals surface area (Å²) in [5.74, 6) is 0.471. The van der Waals surface area contributed by atoms with E-state index in [1.54, 1.807) is 6.07 Å². The van der Waals surface area contributed by atoms with Gasteiger partial charge in [-0.25, -0.2) is 9.97 Å². The molecule has 0 unspecified atom stereocenters. The number of hydrogen-bond donors (Lipinski definition) is 1. The Bertz CT molecular complexity index is 641. The van der Waals surface area contributed by atoms with E-state index in [1.807, 2.05) is 0 Å². The molecule has 1 aliphatic rings. The fraction of sp³-hybridized carbons (Fsp3) is 0.385. The third-order valence-corrected chi connectivity index (χ3v) is 3.29. The molecule has 2 aromatic rings. The molecule has 0 bridgehead atoms. The Balaban J connectivity index is 1.83. The highest BCUT2D eigenvalue weighted by Crippen LogP contribution is 2.21. The van der Waals surface area contributed by atoms with Crippen LogP contribution < -0.4 is 10.1 Å². The molecule has 1 aromatic heterocycles. The van der Waals surface area contributed by atoms with Crippen molar-refractivity contribution in [2.75, 3.05) is 13.1 Å². The van der Waals surface area contributed by atoms with Crippen LogP contribution in [0.25, 0.3) is 11.0 Å². The third kappa shape index (κ3) is 2.67. The molecule has 1 aromatic carbocycles. The molecule has 7 heteroatoms. The largest absolute Gasteiger partial charge is 0.473 e. The van der Waals surface area contributed by atoms with Crippen molar-refractivity contribution in [3.8, 4) is 5.88 Å². The number of nitro benzene ring substituents is 1. The third-order valence-electron chi connectivity index (χ3n) is 3.29.